The van der Waals surface area contributed by atoms with Crippen molar-refractivity contribution in [2.45, 2.75) is 76.4 Å². The van der Waals surface area contributed by atoms with Gasteiger partial charge in [0.15, 0.2) is 0 Å². The van der Waals surface area contributed by atoms with Crippen molar-refractivity contribution in [2.75, 3.05) is 17.5 Å². The Morgan fingerprint density at radius 1 is 0.977 bits per heavy atom. The highest BCUT2D eigenvalue weighted by atomic mass is 35.5. The molecule has 1 N–H and O–H groups in total. The molecule has 8 nitrogen and oxygen atoms in total. The second-order valence-electron chi connectivity index (χ2n) is 10.8. The van der Waals surface area contributed by atoms with Gasteiger partial charge in [-0.15, -0.1) is 0 Å². The summed E-state index contributed by atoms with van der Waals surface area (Å²) in [7, 11) is -4.24. The Labute approximate surface area is 260 Å². The summed E-state index contributed by atoms with van der Waals surface area (Å²) < 4.78 is 35.1. The smallest absolute Gasteiger partial charge is 0.264 e. The monoisotopic (exact) mass is 625 g/mol. The van der Waals surface area contributed by atoms with E-state index in [1.54, 1.807) is 38.1 Å². The van der Waals surface area contributed by atoms with E-state index < -0.39 is 28.5 Å². The highest BCUT2D eigenvalue weighted by Crippen LogP contribution is 2.33. The minimum absolute atomic E-state index is 0.0236. The van der Waals surface area contributed by atoms with Gasteiger partial charge >= 0.3 is 0 Å². The molecule has 230 valence electrons. The van der Waals surface area contributed by atoms with Crippen molar-refractivity contribution in [3.8, 4) is 5.75 Å². The zero-order valence-corrected chi connectivity index (χ0v) is 26.5. The van der Waals surface area contributed by atoms with E-state index in [1.807, 2.05) is 31.2 Å². The largest absolute Gasteiger partial charge is 0.492 e. The maximum absolute atomic E-state index is 14.3. The third kappa shape index (κ3) is 8.09. The SMILES string of the molecule is CCOc1ccccc1N(CC(=O)N(Cc1ccccc1C)C(C)C(=O)NC1CCCCC1)S(=O)(=O)c1ccc(Cl)cc1. The highest BCUT2D eigenvalue weighted by Gasteiger charge is 2.34. The fraction of sp³-hybridized carbons (Fsp3) is 0.394. The number of halogens is 1. The Balaban J connectivity index is 1.72. The van der Waals surface area contributed by atoms with Crippen LogP contribution in [0.5, 0.6) is 5.75 Å². The molecule has 3 aromatic rings. The topological polar surface area (TPSA) is 96.0 Å². The van der Waals surface area contributed by atoms with Crippen molar-refractivity contribution >= 4 is 39.1 Å². The summed E-state index contributed by atoms with van der Waals surface area (Å²) in [5.74, 6) is -0.446. The molecule has 4 rings (SSSR count). The van der Waals surface area contributed by atoms with E-state index in [9.17, 15) is 18.0 Å². The molecule has 0 aromatic heterocycles. The van der Waals surface area contributed by atoms with Gasteiger partial charge in [-0.05, 0) is 81.1 Å². The van der Waals surface area contributed by atoms with Crippen molar-refractivity contribution in [3.05, 3.63) is 88.9 Å². The molecule has 43 heavy (non-hydrogen) atoms. The van der Waals surface area contributed by atoms with Crippen LogP contribution < -0.4 is 14.4 Å². The van der Waals surface area contributed by atoms with E-state index >= 15 is 0 Å². The lowest BCUT2D eigenvalue weighted by molar-refractivity contribution is -0.139. The summed E-state index contributed by atoms with van der Waals surface area (Å²) in [5.41, 5.74) is 2.06. The van der Waals surface area contributed by atoms with Crippen LogP contribution in [0.3, 0.4) is 0 Å². The molecule has 0 saturated heterocycles. The van der Waals surface area contributed by atoms with Gasteiger partial charge in [0.2, 0.25) is 11.8 Å². The Morgan fingerprint density at radius 2 is 1.63 bits per heavy atom. The quantitative estimate of drug-likeness (QED) is 0.262. The van der Waals surface area contributed by atoms with Gasteiger partial charge in [-0.3, -0.25) is 13.9 Å². The number of amides is 2. The Kier molecular flexibility index (Phi) is 11.1. The first-order valence-corrected chi connectivity index (χ1v) is 16.6. The lowest BCUT2D eigenvalue weighted by Crippen LogP contribution is -2.53. The maximum Gasteiger partial charge on any atom is 0.264 e. The van der Waals surface area contributed by atoms with Crippen LogP contribution >= 0.6 is 11.6 Å². The van der Waals surface area contributed by atoms with E-state index in [1.165, 1.54) is 29.2 Å². The van der Waals surface area contributed by atoms with Gasteiger partial charge in [0, 0.05) is 17.6 Å². The van der Waals surface area contributed by atoms with Gasteiger partial charge in [-0.25, -0.2) is 8.42 Å². The second kappa shape index (κ2) is 14.8. The standard InChI is InChI=1S/C33H40ClN3O5S/c1-4-42-31-17-11-10-16-30(31)37(43(40,41)29-20-18-27(34)19-21-29)23-32(38)36(22-26-13-9-8-12-24(26)2)25(3)33(39)35-28-14-6-5-7-15-28/h8-13,16-21,25,28H,4-7,14-15,22-23H2,1-3H3,(H,35,39). The average molecular weight is 626 g/mol. The number of carbonyl (C=O) groups excluding carboxylic acids is 2. The molecule has 0 bridgehead atoms. The van der Waals surface area contributed by atoms with Gasteiger partial charge in [-0.2, -0.15) is 0 Å². The highest BCUT2D eigenvalue weighted by molar-refractivity contribution is 7.92. The fourth-order valence-electron chi connectivity index (χ4n) is 5.31. The maximum atomic E-state index is 14.3. The summed E-state index contributed by atoms with van der Waals surface area (Å²) >= 11 is 6.05. The number of hydrogen-bond acceptors (Lipinski definition) is 5. The molecule has 0 spiro atoms. The molecular weight excluding hydrogens is 586 g/mol. The number of nitrogens with one attached hydrogen (secondary N) is 1. The predicted octanol–water partition coefficient (Wildman–Crippen LogP) is 6.11. The number of anilines is 1. The first kappa shape index (κ1) is 32.4. The molecule has 1 fully saturated rings. The molecule has 2 amide bonds. The van der Waals surface area contributed by atoms with Crippen molar-refractivity contribution in [1.82, 2.24) is 10.2 Å². The summed E-state index contributed by atoms with van der Waals surface area (Å²) in [6, 6.07) is 19.4. The van der Waals surface area contributed by atoms with Crippen LogP contribution in [-0.2, 0) is 26.2 Å². The van der Waals surface area contributed by atoms with E-state index in [2.05, 4.69) is 5.32 Å². The lowest BCUT2D eigenvalue weighted by Gasteiger charge is -2.33. The van der Waals surface area contributed by atoms with Crippen molar-refractivity contribution in [3.63, 3.8) is 0 Å². The van der Waals surface area contributed by atoms with Crippen molar-refractivity contribution < 1.29 is 22.7 Å². The molecule has 1 atom stereocenters. The molecule has 1 saturated carbocycles. The number of nitrogens with zero attached hydrogens (tertiary/aromatic N) is 2. The van der Waals surface area contributed by atoms with E-state index in [0.717, 1.165) is 47.5 Å². The molecule has 3 aromatic carbocycles. The first-order valence-electron chi connectivity index (χ1n) is 14.8. The van der Waals surface area contributed by atoms with E-state index in [4.69, 9.17) is 16.3 Å². The number of carbonyl (C=O) groups is 2. The number of benzene rings is 3. The van der Waals surface area contributed by atoms with Crippen LogP contribution in [0.25, 0.3) is 0 Å². The Hall–Kier alpha value is -3.56. The van der Waals surface area contributed by atoms with Crippen LogP contribution in [0.2, 0.25) is 5.02 Å². The fourth-order valence-corrected chi connectivity index (χ4v) is 6.86. The van der Waals surface area contributed by atoms with Gasteiger partial charge in [0.25, 0.3) is 10.0 Å². The summed E-state index contributed by atoms with van der Waals surface area (Å²) in [6.45, 7) is 5.35. The van der Waals surface area contributed by atoms with Gasteiger partial charge in [0.05, 0.1) is 17.2 Å². The number of ether oxygens (including phenoxy) is 1. The summed E-state index contributed by atoms with van der Waals surface area (Å²) in [6.07, 6.45) is 5.09. The van der Waals surface area contributed by atoms with Crippen LogP contribution in [0.4, 0.5) is 5.69 Å². The van der Waals surface area contributed by atoms with Crippen LogP contribution in [0.15, 0.2) is 77.7 Å². The first-order chi connectivity index (χ1) is 20.6. The zero-order chi connectivity index (χ0) is 31.0. The number of aryl methyl sites for hydroxylation is 1. The number of sulfonamides is 1. The van der Waals surface area contributed by atoms with Gasteiger partial charge in [0.1, 0.15) is 18.3 Å². The normalized spacial score (nSPS) is 14.5. The molecule has 1 aliphatic carbocycles. The van der Waals surface area contributed by atoms with Crippen LogP contribution in [-0.4, -0.2) is 50.4 Å². The van der Waals surface area contributed by atoms with Gasteiger partial charge < -0.3 is 15.0 Å². The second-order valence-corrected chi connectivity index (χ2v) is 13.1. The molecule has 0 radical (unpaired) electrons. The third-order valence-electron chi connectivity index (χ3n) is 7.84. The Bertz CT molecular complexity index is 1510. The minimum Gasteiger partial charge on any atom is -0.492 e. The molecule has 1 aliphatic rings. The zero-order valence-electron chi connectivity index (χ0n) is 25.0. The lowest BCUT2D eigenvalue weighted by atomic mass is 9.95. The molecule has 0 heterocycles. The van der Waals surface area contributed by atoms with Gasteiger partial charge in [-0.1, -0.05) is 67.3 Å². The molecule has 1 unspecified atom stereocenters. The summed E-state index contributed by atoms with van der Waals surface area (Å²) in [4.78, 5) is 29.2. The third-order valence-corrected chi connectivity index (χ3v) is 9.86. The van der Waals surface area contributed by atoms with E-state index in [-0.39, 0.29) is 29.1 Å². The predicted molar refractivity (Wildman–Crippen MR) is 170 cm³/mol. The molecular formula is C33H40ClN3O5S. The number of rotatable bonds is 12. The van der Waals surface area contributed by atoms with Crippen molar-refractivity contribution in [1.29, 1.82) is 0 Å². The number of hydrogen-bond donors (Lipinski definition) is 1. The molecule has 10 heteroatoms. The minimum atomic E-state index is -4.24. The van der Waals surface area contributed by atoms with Crippen LogP contribution in [0.1, 0.15) is 57.1 Å². The number of para-hydroxylation sites is 2. The van der Waals surface area contributed by atoms with Crippen LogP contribution in [0, 0.1) is 6.92 Å². The van der Waals surface area contributed by atoms with Crippen molar-refractivity contribution in [2.24, 2.45) is 0 Å². The molecule has 0 aliphatic heterocycles. The summed E-state index contributed by atoms with van der Waals surface area (Å²) in [5, 5.41) is 3.52. The average Bonchev–Trinajstić information content (AvgIpc) is 3.00. The van der Waals surface area contributed by atoms with E-state index in [0.29, 0.717) is 17.4 Å². The Morgan fingerprint density at radius 3 is 2.30 bits per heavy atom.